The number of benzene rings is 1. The molecule has 1 aromatic carbocycles. The van der Waals surface area contributed by atoms with Crippen LogP contribution in [0.15, 0.2) is 35.3 Å². The molecule has 174 valence electrons. The minimum atomic E-state index is -0.547. The van der Waals surface area contributed by atoms with E-state index in [9.17, 15) is 14.0 Å². The SMILES string of the molecule is CNC1CCN(C(=O)CNCc2nccc3c(=O)[nH]c(COc4ccc(F)c(Cl)c4)nc23)C1. The first-order valence-electron chi connectivity index (χ1n) is 10.5. The summed E-state index contributed by atoms with van der Waals surface area (Å²) in [6, 6.07) is 5.90. The first kappa shape index (κ1) is 23.1. The number of likely N-dealkylation sites (tertiary alicyclic amines) is 1. The number of carbonyl (C=O) groups excluding carboxylic acids is 1. The smallest absolute Gasteiger partial charge is 0.258 e. The van der Waals surface area contributed by atoms with E-state index in [0.29, 0.717) is 34.9 Å². The summed E-state index contributed by atoms with van der Waals surface area (Å²) >= 11 is 5.77. The van der Waals surface area contributed by atoms with Crippen molar-refractivity contribution in [3.05, 3.63) is 63.2 Å². The van der Waals surface area contributed by atoms with Crippen molar-refractivity contribution in [3.8, 4) is 5.75 Å². The second-order valence-corrected chi connectivity index (χ2v) is 8.16. The van der Waals surface area contributed by atoms with Crippen LogP contribution in [0.4, 0.5) is 4.39 Å². The van der Waals surface area contributed by atoms with Crippen molar-refractivity contribution in [2.24, 2.45) is 0 Å². The highest BCUT2D eigenvalue weighted by atomic mass is 35.5. The molecule has 1 atom stereocenters. The summed E-state index contributed by atoms with van der Waals surface area (Å²) in [5, 5.41) is 6.62. The lowest BCUT2D eigenvalue weighted by Crippen LogP contribution is -2.38. The predicted octanol–water partition coefficient (Wildman–Crippen LogP) is 1.60. The minimum absolute atomic E-state index is 0.0193. The molecular weight excluding hydrogens is 451 g/mol. The van der Waals surface area contributed by atoms with Crippen LogP contribution in [0.5, 0.6) is 5.75 Å². The average Bonchev–Trinajstić information content (AvgIpc) is 3.30. The van der Waals surface area contributed by atoms with Crippen LogP contribution in [0.2, 0.25) is 5.02 Å². The van der Waals surface area contributed by atoms with Gasteiger partial charge in [-0.2, -0.15) is 0 Å². The van der Waals surface area contributed by atoms with Gasteiger partial charge in [0, 0.05) is 37.9 Å². The Morgan fingerprint density at radius 2 is 2.24 bits per heavy atom. The van der Waals surface area contributed by atoms with E-state index in [1.165, 1.54) is 24.4 Å². The van der Waals surface area contributed by atoms with Gasteiger partial charge in [0.15, 0.2) is 0 Å². The third-order valence-electron chi connectivity index (χ3n) is 5.53. The van der Waals surface area contributed by atoms with Crippen LogP contribution in [0.3, 0.4) is 0 Å². The highest BCUT2D eigenvalue weighted by molar-refractivity contribution is 6.30. The molecule has 0 aliphatic carbocycles. The van der Waals surface area contributed by atoms with E-state index in [1.54, 1.807) is 6.07 Å². The number of nitrogens with zero attached hydrogens (tertiary/aromatic N) is 3. The highest BCUT2D eigenvalue weighted by Gasteiger charge is 2.24. The summed E-state index contributed by atoms with van der Waals surface area (Å²) in [4.78, 5) is 38.3. The molecule has 11 heteroatoms. The molecule has 3 aromatic rings. The average molecular weight is 475 g/mol. The van der Waals surface area contributed by atoms with Gasteiger partial charge in [-0.3, -0.25) is 14.6 Å². The lowest BCUT2D eigenvalue weighted by molar-refractivity contribution is -0.129. The standard InChI is InChI=1S/C22H24ClFN6O3/c1-25-13-5-7-30(11-13)20(31)10-26-9-18-21-15(4-6-27-18)22(32)29-19(28-21)12-33-14-2-3-17(24)16(23)8-14/h2-4,6,8,13,25-26H,5,7,9-12H2,1H3,(H,28,29,32). The van der Waals surface area contributed by atoms with Crippen LogP contribution in [0, 0.1) is 5.82 Å². The van der Waals surface area contributed by atoms with E-state index < -0.39 is 5.82 Å². The molecule has 1 aliphatic rings. The number of halogens is 2. The number of ether oxygens (including phenoxy) is 1. The van der Waals surface area contributed by atoms with Gasteiger partial charge >= 0.3 is 0 Å². The van der Waals surface area contributed by atoms with Gasteiger partial charge in [-0.05, 0) is 31.7 Å². The Kier molecular flexibility index (Phi) is 7.17. The number of aromatic nitrogens is 3. The molecule has 0 saturated carbocycles. The molecule has 9 nitrogen and oxygen atoms in total. The first-order valence-corrected chi connectivity index (χ1v) is 10.9. The van der Waals surface area contributed by atoms with Crippen molar-refractivity contribution >= 4 is 28.4 Å². The number of carbonyl (C=O) groups is 1. The number of amides is 1. The zero-order valence-corrected chi connectivity index (χ0v) is 18.8. The van der Waals surface area contributed by atoms with Gasteiger partial charge in [-0.25, -0.2) is 9.37 Å². The second-order valence-electron chi connectivity index (χ2n) is 7.75. The number of aromatic amines is 1. The largest absolute Gasteiger partial charge is 0.486 e. The molecule has 1 amide bonds. The summed E-state index contributed by atoms with van der Waals surface area (Å²) in [5.74, 6) is 0.104. The molecular formula is C22H24ClFN6O3. The van der Waals surface area contributed by atoms with Gasteiger partial charge in [-0.15, -0.1) is 0 Å². The van der Waals surface area contributed by atoms with Gasteiger partial charge in [0.1, 0.15) is 29.5 Å². The quantitative estimate of drug-likeness (QED) is 0.454. The molecule has 0 spiro atoms. The fourth-order valence-corrected chi connectivity index (χ4v) is 3.88. The van der Waals surface area contributed by atoms with Gasteiger partial charge in [0.25, 0.3) is 5.56 Å². The molecule has 1 aliphatic heterocycles. The molecule has 1 saturated heterocycles. The highest BCUT2D eigenvalue weighted by Crippen LogP contribution is 2.21. The topological polar surface area (TPSA) is 112 Å². The van der Waals surface area contributed by atoms with E-state index in [2.05, 4.69) is 25.6 Å². The minimum Gasteiger partial charge on any atom is -0.486 e. The van der Waals surface area contributed by atoms with E-state index in [1.807, 2.05) is 11.9 Å². The van der Waals surface area contributed by atoms with Crippen LogP contribution >= 0.6 is 11.6 Å². The third-order valence-corrected chi connectivity index (χ3v) is 5.82. The van der Waals surface area contributed by atoms with Crippen LogP contribution in [-0.4, -0.2) is 58.5 Å². The number of hydrogen-bond donors (Lipinski definition) is 3. The number of likely N-dealkylation sites (N-methyl/N-ethyl adjacent to an activating group) is 1. The zero-order valence-electron chi connectivity index (χ0n) is 18.0. The van der Waals surface area contributed by atoms with E-state index in [0.717, 1.165) is 13.0 Å². The molecule has 4 rings (SSSR count). The van der Waals surface area contributed by atoms with Crippen LogP contribution in [-0.2, 0) is 17.9 Å². The Hall–Kier alpha value is -3.08. The molecule has 1 unspecified atom stereocenters. The van der Waals surface area contributed by atoms with Crippen molar-refractivity contribution in [2.45, 2.75) is 25.6 Å². The normalized spacial score (nSPS) is 15.8. The Morgan fingerprint density at radius 3 is 3.00 bits per heavy atom. The maximum absolute atomic E-state index is 13.3. The predicted molar refractivity (Wildman–Crippen MR) is 122 cm³/mol. The fraction of sp³-hybridized carbons (Fsp3) is 0.364. The van der Waals surface area contributed by atoms with E-state index >= 15 is 0 Å². The number of H-pyrrole nitrogens is 1. The Morgan fingerprint density at radius 1 is 1.39 bits per heavy atom. The van der Waals surface area contributed by atoms with Crippen LogP contribution < -0.4 is 20.9 Å². The van der Waals surface area contributed by atoms with Crippen LogP contribution in [0.1, 0.15) is 17.9 Å². The maximum atomic E-state index is 13.3. The monoisotopic (exact) mass is 474 g/mol. The fourth-order valence-electron chi connectivity index (χ4n) is 3.70. The van der Waals surface area contributed by atoms with Gasteiger partial charge in [-0.1, -0.05) is 11.6 Å². The maximum Gasteiger partial charge on any atom is 0.258 e. The van der Waals surface area contributed by atoms with Gasteiger partial charge < -0.3 is 25.3 Å². The van der Waals surface area contributed by atoms with Crippen molar-refractivity contribution < 1.29 is 13.9 Å². The van der Waals surface area contributed by atoms with Crippen molar-refractivity contribution in [1.29, 1.82) is 0 Å². The number of pyridine rings is 1. The molecule has 3 heterocycles. The summed E-state index contributed by atoms with van der Waals surface area (Å²) in [5.41, 5.74) is 0.644. The number of fused-ring (bicyclic) bond motifs is 1. The van der Waals surface area contributed by atoms with E-state index in [-0.39, 0.29) is 42.0 Å². The molecule has 2 aromatic heterocycles. The Balaban J connectivity index is 1.44. The summed E-state index contributed by atoms with van der Waals surface area (Å²) < 4.78 is 18.9. The summed E-state index contributed by atoms with van der Waals surface area (Å²) in [7, 11) is 1.89. The van der Waals surface area contributed by atoms with Crippen molar-refractivity contribution in [2.75, 3.05) is 26.7 Å². The Bertz CT molecular complexity index is 1220. The van der Waals surface area contributed by atoms with Crippen LogP contribution in [0.25, 0.3) is 10.9 Å². The van der Waals surface area contributed by atoms with Gasteiger partial charge in [0.2, 0.25) is 5.91 Å². The summed E-state index contributed by atoms with van der Waals surface area (Å²) in [6.07, 6.45) is 2.47. The Labute approximate surface area is 194 Å². The van der Waals surface area contributed by atoms with Crippen molar-refractivity contribution in [3.63, 3.8) is 0 Å². The molecule has 3 N–H and O–H groups in total. The molecule has 0 radical (unpaired) electrons. The molecule has 33 heavy (non-hydrogen) atoms. The van der Waals surface area contributed by atoms with Crippen molar-refractivity contribution in [1.82, 2.24) is 30.5 Å². The number of nitrogens with one attached hydrogen (secondary N) is 3. The molecule has 0 bridgehead atoms. The van der Waals surface area contributed by atoms with E-state index in [4.69, 9.17) is 16.3 Å². The summed E-state index contributed by atoms with van der Waals surface area (Å²) in [6.45, 7) is 1.83. The second kappa shape index (κ2) is 10.2. The first-order chi connectivity index (χ1) is 15.9. The van der Waals surface area contributed by atoms with Gasteiger partial charge in [0.05, 0.1) is 22.6 Å². The molecule has 1 fully saturated rings. The third kappa shape index (κ3) is 5.47. The number of rotatable bonds is 8. The lowest BCUT2D eigenvalue weighted by atomic mass is 10.2. The zero-order chi connectivity index (χ0) is 23.4. The number of hydrogen-bond acceptors (Lipinski definition) is 7. The lowest BCUT2D eigenvalue weighted by Gasteiger charge is -2.16.